The van der Waals surface area contributed by atoms with Crippen molar-refractivity contribution in [3.8, 4) is 0 Å². The molecule has 0 spiro atoms. The lowest BCUT2D eigenvalue weighted by molar-refractivity contribution is -0.145. The molecule has 5 rings (SSSR count). The molecule has 202 valence electrons. The highest BCUT2D eigenvalue weighted by molar-refractivity contribution is 5.84. The number of halogens is 3. The fourth-order valence-corrected chi connectivity index (χ4v) is 6.05. The third-order valence-corrected chi connectivity index (χ3v) is 8.45. The maximum Gasteiger partial charge on any atom is 0.416 e. The molecule has 2 aromatic carbocycles. The molecule has 1 saturated carbocycles. The van der Waals surface area contributed by atoms with Crippen LogP contribution in [0, 0.1) is 11.3 Å². The molecule has 1 saturated heterocycles. The standard InChI is InChI=1S/C30H35F3N4O/c1-21(2)29(11-9-26(19-29)35-20-22-7-8-23-5-3-4-6-24(23)17-22)28(38)37-15-13-36(14-16-37)27-18-25(10-12-34-27)30(31,32)33/h3-8,10,12,17-18,21,26,35H,9,11,13-16,19-20H2,1-2H3/t26-,29+/m0/s1. The molecule has 3 aromatic rings. The average molecular weight is 525 g/mol. The van der Waals surface area contributed by atoms with Crippen LogP contribution in [0.2, 0.25) is 0 Å². The van der Waals surface area contributed by atoms with Gasteiger partial charge < -0.3 is 15.1 Å². The van der Waals surface area contributed by atoms with Crippen LogP contribution in [0.1, 0.15) is 44.2 Å². The minimum atomic E-state index is -4.40. The SMILES string of the molecule is CC(C)[C@@]1(C(=O)N2CCN(c3cc(C(F)(F)F)ccn3)CC2)CC[C@H](NCc2ccc3ccccc3c2)C1. The average Bonchev–Trinajstić information content (AvgIpc) is 3.37. The Bertz CT molecular complexity index is 1290. The second-order valence-corrected chi connectivity index (χ2v) is 11.0. The van der Waals surface area contributed by atoms with Crippen LogP contribution in [-0.4, -0.2) is 48.0 Å². The predicted octanol–water partition coefficient (Wildman–Crippen LogP) is 5.89. The van der Waals surface area contributed by atoms with Gasteiger partial charge >= 0.3 is 6.18 Å². The fourth-order valence-electron chi connectivity index (χ4n) is 6.05. The van der Waals surface area contributed by atoms with Gasteiger partial charge in [-0.1, -0.05) is 50.2 Å². The number of hydrogen-bond donors (Lipinski definition) is 1. The number of piperazine rings is 1. The highest BCUT2D eigenvalue weighted by atomic mass is 19.4. The number of amides is 1. The number of nitrogens with one attached hydrogen (secondary N) is 1. The van der Waals surface area contributed by atoms with Crippen molar-refractivity contribution in [2.45, 2.75) is 51.9 Å². The van der Waals surface area contributed by atoms with Crippen LogP contribution in [0.25, 0.3) is 10.8 Å². The monoisotopic (exact) mass is 524 g/mol. The van der Waals surface area contributed by atoms with Crippen molar-refractivity contribution in [2.75, 3.05) is 31.1 Å². The van der Waals surface area contributed by atoms with Crippen LogP contribution in [0.15, 0.2) is 60.8 Å². The van der Waals surface area contributed by atoms with Gasteiger partial charge in [0.1, 0.15) is 5.82 Å². The van der Waals surface area contributed by atoms with Gasteiger partial charge in [0.15, 0.2) is 0 Å². The summed E-state index contributed by atoms with van der Waals surface area (Å²) in [5.74, 6) is 0.689. The number of fused-ring (bicyclic) bond motifs is 1. The topological polar surface area (TPSA) is 48.5 Å². The van der Waals surface area contributed by atoms with Gasteiger partial charge in [-0.25, -0.2) is 4.98 Å². The first-order chi connectivity index (χ1) is 18.2. The first-order valence-electron chi connectivity index (χ1n) is 13.4. The quantitative estimate of drug-likeness (QED) is 0.437. The number of aromatic nitrogens is 1. The molecular weight excluding hydrogens is 489 g/mol. The van der Waals surface area contributed by atoms with Crippen molar-refractivity contribution in [3.63, 3.8) is 0 Å². The van der Waals surface area contributed by atoms with E-state index in [9.17, 15) is 18.0 Å². The third-order valence-electron chi connectivity index (χ3n) is 8.45. The van der Waals surface area contributed by atoms with E-state index in [0.717, 1.165) is 37.9 Å². The lowest BCUT2D eigenvalue weighted by Crippen LogP contribution is -2.54. The normalized spacial score (nSPS) is 22.4. The molecule has 2 atom stereocenters. The van der Waals surface area contributed by atoms with E-state index in [2.05, 4.69) is 60.5 Å². The summed E-state index contributed by atoms with van der Waals surface area (Å²) in [6, 6.07) is 17.2. The molecule has 8 heteroatoms. The Balaban J connectivity index is 1.20. The third kappa shape index (κ3) is 5.37. The number of carbonyl (C=O) groups is 1. The van der Waals surface area contributed by atoms with Gasteiger partial charge in [-0.05, 0) is 59.7 Å². The van der Waals surface area contributed by atoms with E-state index in [1.807, 2.05) is 15.9 Å². The summed E-state index contributed by atoms with van der Waals surface area (Å²) in [5.41, 5.74) is 0.113. The molecule has 1 amide bonds. The van der Waals surface area contributed by atoms with Crippen molar-refractivity contribution in [1.29, 1.82) is 0 Å². The van der Waals surface area contributed by atoms with Gasteiger partial charge in [0.25, 0.3) is 0 Å². The van der Waals surface area contributed by atoms with Crippen LogP contribution >= 0.6 is 0 Å². The first-order valence-corrected chi connectivity index (χ1v) is 13.4. The number of anilines is 1. The van der Waals surface area contributed by atoms with Crippen molar-refractivity contribution in [2.24, 2.45) is 11.3 Å². The van der Waals surface area contributed by atoms with Gasteiger partial charge in [0.05, 0.1) is 11.0 Å². The van der Waals surface area contributed by atoms with Crippen LogP contribution in [-0.2, 0) is 17.5 Å². The smallest absolute Gasteiger partial charge is 0.353 e. The molecule has 2 fully saturated rings. The minimum absolute atomic E-state index is 0.180. The summed E-state index contributed by atoms with van der Waals surface area (Å²) in [7, 11) is 0. The zero-order valence-corrected chi connectivity index (χ0v) is 22.0. The Hall–Kier alpha value is -3.13. The van der Waals surface area contributed by atoms with Crippen molar-refractivity contribution in [3.05, 3.63) is 71.9 Å². The van der Waals surface area contributed by atoms with Gasteiger partial charge in [-0.3, -0.25) is 4.79 Å². The summed E-state index contributed by atoms with van der Waals surface area (Å²) < 4.78 is 39.4. The minimum Gasteiger partial charge on any atom is -0.353 e. The van der Waals surface area contributed by atoms with Crippen molar-refractivity contribution < 1.29 is 18.0 Å². The molecular formula is C30H35F3N4O. The highest BCUT2D eigenvalue weighted by Crippen LogP contribution is 2.46. The number of carbonyl (C=O) groups excluding carboxylic acids is 1. The predicted molar refractivity (Wildman–Crippen MR) is 144 cm³/mol. The summed E-state index contributed by atoms with van der Waals surface area (Å²) in [6.45, 7) is 6.94. The van der Waals surface area contributed by atoms with E-state index < -0.39 is 17.2 Å². The van der Waals surface area contributed by atoms with Crippen LogP contribution < -0.4 is 10.2 Å². The van der Waals surface area contributed by atoms with Crippen LogP contribution in [0.4, 0.5) is 19.0 Å². The second-order valence-electron chi connectivity index (χ2n) is 11.0. The summed E-state index contributed by atoms with van der Waals surface area (Å²) in [5, 5.41) is 6.15. The van der Waals surface area contributed by atoms with E-state index >= 15 is 0 Å². The van der Waals surface area contributed by atoms with Gasteiger partial charge in [-0.2, -0.15) is 13.2 Å². The Morgan fingerprint density at radius 2 is 1.79 bits per heavy atom. The zero-order chi connectivity index (χ0) is 26.9. The summed E-state index contributed by atoms with van der Waals surface area (Å²) in [6.07, 6.45) is -0.611. The Kier molecular flexibility index (Phi) is 7.36. The summed E-state index contributed by atoms with van der Waals surface area (Å²) in [4.78, 5) is 21.8. The molecule has 0 bridgehead atoms. The molecule has 1 aliphatic carbocycles. The Labute approximate surface area is 222 Å². The maximum atomic E-state index is 13.9. The zero-order valence-electron chi connectivity index (χ0n) is 22.0. The Morgan fingerprint density at radius 1 is 1.05 bits per heavy atom. The first kappa shape index (κ1) is 26.5. The van der Waals surface area contributed by atoms with Crippen LogP contribution in [0.3, 0.4) is 0 Å². The largest absolute Gasteiger partial charge is 0.416 e. The molecule has 1 aliphatic heterocycles. The second kappa shape index (κ2) is 10.6. The fraction of sp³-hybridized carbons (Fsp3) is 0.467. The molecule has 38 heavy (non-hydrogen) atoms. The molecule has 1 N–H and O–H groups in total. The number of nitrogens with zero attached hydrogens (tertiary/aromatic N) is 3. The number of rotatable bonds is 6. The van der Waals surface area contributed by atoms with E-state index in [4.69, 9.17) is 0 Å². The lowest BCUT2D eigenvalue weighted by Gasteiger charge is -2.42. The van der Waals surface area contributed by atoms with E-state index in [1.165, 1.54) is 22.5 Å². The number of benzene rings is 2. The number of alkyl halides is 3. The highest BCUT2D eigenvalue weighted by Gasteiger charge is 2.49. The van der Waals surface area contributed by atoms with E-state index in [1.54, 1.807) is 0 Å². The molecule has 0 unspecified atom stereocenters. The molecule has 0 radical (unpaired) electrons. The van der Waals surface area contributed by atoms with Crippen molar-refractivity contribution in [1.82, 2.24) is 15.2 Å². The maximum absolute atomic E-state index is 13.9. The lowest BCUT2D eigenvalue weighted by atomic mass is 9.74. The molecule has 5 nitrogen and oxygen atoms in total. The van der Waals surface area contributed by atoms with Gasteiger partial charge in [0.2, 0.25) is 5.91 Å². The number of pyridine rings is 1. The van der Waals surface area contributed by atoms with Crippen LogP contribution in [0.5, 0.6) is 0 Å². The van der Waals surface area contributed by atoms with Gasteiger partial charge in [0, 0.05) is 45.0 Å². The van der Waals surface area contributed by atoms with E-state index in [-0.39, 0.29) is 17.9 Å². The van der Waals surface area contributed by atoms with Crippen molar-refractivity contribution >= 4 is 22.5 Å². The Morgan fingerprint density at radius 3 is 2.50 bits per heavy atom. The van der Waals surface area contributed by atoms with E-state index in [0.29, 0.717) is 32.0 Å². The molecule has 1 aromatic heterocycles. The van der Waals surface area contributed by atoms with Gasteiger partial charge in [-0.15, -0.1) is 0 Å². The molecule has 2 aliphatic rings. The molecule has 2 heterocycles. The number of hydrogen-bond acceptors (Lipinski definition) is 4. The summed E-state index contributed by atoms with van der Waals surface area (Å²) >= 11 is 0.